The highest BCUT2D eigenvalue weighted by Gasteiger charge is 2.29. The van der Waals surface area contributed by atoms with E-state index in [2.05, 4.69) is 15.5 Å². The number of rotatable bonds is 7. The number of ether oxygens (including phenoxy) is 1. The minimum Gasteiger partial charge on any atom is -0.493 e. The average Bonchev–Trinajstić information content (AvgIpc) is 3.29. The smallest absolute Gasteiger partial charge is 0.322 e. The number of urea groups is 1. The van der Waals surface area contributed by atoms with Crippen molar-refractivity contribution in [2.75, 3.05) is 24.7 Å². The Morgan fingerprint density at radius 1 is 1.27 bits per heavy atom. The van der Waals surface area contributed by atoms with E-state index in [1.54, 1.807) is 18.3 Å². The molecule has 0 radical (unpaired) electrons. The highest BCUT2D eigenvalue weighted by atomic mass is 19.1. The van der Waals surface area contributed by atoms with Crippen molar-refractivity contribution in [3.05, 3.63) is 65.5 Å². The van der Waals surface area contributed by atoms with Gasteiger partial charge in [0.1, 0.15) is 17.4 Å². The lowest BCUT2D eigenvalue weighted by Crippen LogP contribution is -2.42. The zero-order valence-corrected chi connectivity index (χ0v) is 17.9. The van der Waals surface area contributed by atoms with Gasteiger partial charge < -0.3 is 15.2 Å². The van der Waals surface area contributed by atoms with E-state index in [0.717, 1.165) is 18.4 Å². The van der Waals surface area contributed by atoms with Crippen LogP contribution in [0.2, 0.25) is 0 Å². The van der Waals surface area contributed by atoms with Gasteiger partial charge in [-0.1, -0.05) is 0 Å². The number of nitrogens with one attached hydrogen (secondary N) is 2. The number of nitrogens with zero attached hydrogens (tertiary/aromatic N) is 2. The Morgan fingerprint density at radius 3 is 2.85 bits per heavy atom. The van der Waals surface area contributed by atoms with Crippen molar-refractivity contribution in [3.63, 3.8) is 0 Å². The molecule has 1 fully saturated rings. The van der Waals surface area contributed by atoms with E-state index in [0.29, 0.717) is 53.6 Å². The quantitative estimate of drug-likeness (QED) is 0.504. The number of amides is 2. The van der Waals surface area contributed by atoms with Gasteiger partial charge in [-0.15, -0.1) is 0 Å². The third-order valence-corrected chi connectivity index (χ3v) is 6.08. The molecule has 5 rings (SSSR count). The summed E-state index contributed by atoms with van der Waals surface area (Å²) in [5.74, 6) is -0.0952. The van der Waals surface area contributed by atoms with Crippen LogP contribution >= 0.6 is 0 Å². The maximum absolute atomic E-state index is 14.8. The van der Waals surface area contributed by atoms with Crippen molar-refractivity contribution in [1.82, 2.24) is 15.5 Å². The molecule has 1 saturated carbocycles. The molecule has 7 nitrogen and oxygen atoms in total. The van der Waals surface area contributed by atoms with Gasteiger partial charge >= 0.3 is 6.03 Å². The third-order valence-electron chi connectivity index (χ3n) is 6.08. The number of fused-ring (bicyclic) bond motifs is 1. The standard InChI is InChI=1S/C24H24F2N4O3/c25-18-5-16(6-19(8-18)33-13-14-1-2-14)22(12-31)29-24(32)30-4-3-15-7-20(17-10-27-28-11-17)21(26)9-23(15)30/h5-11,14,22,31H,1-4,12-13H2,(H,27,28)(H,29,32)/t22-/m1/s1. The Hall–Kier alpha value is -3.46. The van der Waals surface area contributed by atoms with E-state index in [9.17, 15) is 18.7 Å². The fourth-order valence-electron chi connectivity index (χ4n) is 4.07. The first-order valence-corrected chi connectivity index (χ1v) is 11.0. The highest BCUT2D eigenvalue weighted by molar-refractivity contribution is 5.95. The van der Waals surface area contributed by atoms with Crippen LogP contribution in [-0.4, -0.2) is 41.1 Å². The monoisotopic (exact) mass is 454 g/mol. The Bertz CT molecular complexity index is 1160. The normalized spacial score (nSPS) is 15.9. The second-order valence-corrected chi connectivity index (χ2v) is 8.51. The second-order valence-electron chi connectivity index (χ2n) is 8.51. The van der Waals surface area contributed by atoms with E-state index >= 15 is 0 Å². The Balaban J connectivity index is 1.33. The number of carbonyl (C=O) groups excluding carboxylic acids is 1. The third kappa shape index (κ3) is 4.54. The van der Waals surface area contributed by atoms with Gasteiger partial charge in [0, 0.05) is 29.9 Å². The van der Waals surface area contributed by atoms with E-state index in [4.69, 9.17) is 4.74 Å². The van der Waals surface area contributed by atoms with E-state index < -0.39 is 30.3 Å². The Morgan fingerprint density at radius 2 is 2.12 bits per heavy atom. The summed E-state index contributed by atoms with van der Waals surface area (Å²) in [4.78, 5) is 14.4. The molecule has 0 bridgehead atoms. The summed E-state index contributed by atoms with van der Waals surface area (Å²) in [7, 11) is 0. The minimum absolute atomic E-state index is 0.366. The van der Waals surface area contributed by atoms with Crippen LogP contribution in [0.4, 0.5) is 19.3 Å². The highest BCUT2D eigenvalue weighted by Crippen LogP contribution is 2.35. The molecule has 1 atom stereocenters. The van der Waals surface area contributed by atoms with Gasteiger partial charge in [-0.25, -0.2) is 13.6 Å². The lowest BCUT2D eigenvalue weighted by molar-refractivity contribution is 0.221. The summed E-state index contributed by atoms with van der Waals surface area (Å²) < 4.78 is 34.6. The number of benzene rings is 2. The van der Waals surface area contributed by atoms with Gasteiger partial charge in [0.25, 0.3) is 0 Å². The maximum Gasteiger partial charge on any atom is 0.322 e. The van der Waals surface area contributed by atoms with Crippen molar-refractivity contribution in [3.8, 4) is 16.9 Å². The molecule has 2 aliphatic rings. The van der Waals surface area contributed by atoms with Gasteiger partial charge in [-0.05, 0) is 60.6 Å². The molecule has 0 unspecified atom stereocenters. The number of H-pyrrole nitrogens is 1. The fourth-order valence-corrected chi connectivity index (χ4v) is 4.07. The molecule has 0 spiro atoms. The van der Waals surface area contributed by atoms with Crippen LogP contribution in [0.15, 0.2) is 42.7 Å². The second kappa shape index (κ2) is 8.82. The number of aliphatic hydroxyl groups is 1. The number of hydrogen-bond acceptors (Lipinski definition) is 4. The van der Waals surface area contributed by atoms with Gasteiger partial charge in [0.2, 0.25) is 0 Å². The summed E-state index contributed by atoms with van der Waals surface area (Å²) in [5, 5.41) is 19.2. The van der Waals surface area contributed by atoms with E-state index in [1.165, 1.54) is 29.3 Å². The molecule has 1 aliphatic heterocycles. The summed E-state index contributed by atoms with van der Waals surface area (Å²) in [6, 6.07) is 5.91. The van der Waals surface area contributed by atoms with Gasteiger partial charge in [-0.3, -0.25) is 10.00 Å². The number of aromatic nitrogens is 2. The predicted octanol–water partition coefficient (Wildman–Crippen LogP) is 3.95. The molecule has 2 heterocycles. The number of halogens is 2. The molecule has 1 aromatic heterocycles. The van der Waals surface area contributed by atoms with Gasteiger partial charge in [0.05, 0.1) is 31.1 Å². The minimum atomic E-state index is -0.837. The van der Waals surface area contributed by atoms with Crippen molar-refractivity contribution < 1.29 is 23.4 Å². The molecule has 2 aromatic carbocycles. The molecule has 172 valence electrons. The molecule has 9 heteroatoms. The zero-order chi connectivity index (χ0) is 22.9. The summed E-state index contributed by atoms with van der Waals surface area (Å²) >= 11 is 0. The predicted molar refractivity (Wildman–Crippen MR) is 118 cm³/mol. The molecular weight excluding hydrogens is 430 g/mol. The molecule has 0 saturated heterocycles. The van der Waals surface area contributed by atoms with Crippen molar-refractivity contribution in [2.24, 2.45) is 5.92 Å². The van der Waals surface area contributed by atoms with Crippen LogP contribution in [0.5, 0.6) is 5.75 Å². The van der Waals surface area contributed by atoms with Crippen LogP contribution in [-0.2, 0) is 6.42 Å². The molecule has 33 heavy (non-hydrogen) atoms. The molecular formula is C24H24F2N4O3. The van der Waals surface area contributed by atoms with Gasteiger partial charge in [0.15, 0.2) is 0 Å². The first kappa shape index (κ1) is 21.4. The Labute approximate surface area is 189 Å². The lowest BCUT2D eigenvalue weighted by Gasteiger charge is -2.23. The largest absolute Gasteiger partial charge is 0.493 e. The first-order chi connectivity index (χ1) is 16.0. The van der Waals surface area contributed by atoms with Crippen molar-refractivity contribution in [2.45, 2.75) is 25.3 Å². The average molecular weight is 454 g/mol. The molecule has 1 aliphatic carbocycles. The zero-order valence-electron chi connectivity index (χ0n) is 17.9. The summed E-state index contributed by atoms with van der Waals surface area (Å²) in [6.07, 6.45) is 5.93. The first-order valence-electron chi connectivity index (χ1n) is 11.0. The summed E-state index contributed by atoms with van der Waals surface area (Å²) in [5.41, 5.74) is 2.75. The fraction of sp³-hybridized carbons (Fsp3) is 0.333. The number of carbonyl (C=O) groups is 1. The lowest BCUT2D eigenvalue weighted by atomic mass is 10.0. The molecule has 3 aromatic rings. The SMILES string of the molecule is O=C(N[C@H](CO)c1cc(F)cc(OCC2CC2)c1)N1CCc2cc(-c3cn[nH]c3)c(F)cc21. The number of anilines is 1. The molecule has 2 amide bonds. The maximum atomic E-state index is 14.8. The summed E-state index contributed by atoms with van der Waals surface area (Å²) in [6.45, 7) is 0.466. The van der Waals surface area contributed by atoms with Crippen molar-refractivity contribution >= 4 is 11.7 Å². The van der Waals surface area contributed by atoms with Crippen LogP contribution in [0.1, 0.15) is 30.0 Å². The van der Waals surface area contributed by atoms with Crippen LogP contribution in [0.25, 0.3) is 11.1 Å². The number of hydrogen-bond donors (Lipinski definition) is 3. The van der Waals surface area contributed by atoms with Crippen LogP contribution in [0.3, 0.4) is 0 Å². The van der Waals surface area contributed by atoms with E-state index in [-0.39, 0.29) is 0 Å². The Kier molecular flexibility index (Phi) is 5.72. The molecule has 3 N–H and O–H groups in total. The number of aliphatic hydroxyl groups excluding tert-OH is 1. The number of aromatic amines is 1. The van der Waals surface area contributed by atoms with E-state index in [1.807, 2.05) is 0 Å². The van der Waals surface area contributed by atoms with Crippen LogP contribution in [0, 0.1) is 17.6 Å². The van der Waals surface area contributed by atoms with Gasteiger partial charge in [-0.2, -0.15) is 5.10 Å². The topological polar surface area (TPSA) is 90.5 Å². The van der Waals surface area contributed by atoms with Crippen molar-refractivity contribution in [1.29, 1.82) is 0 Å². The van der Waals surface area contributed by atoms with Crippen LogP contribution < -0.4 is 15.0 Å².